The van der Waals surface area contributed by atoms with Gasteiger partial charge in [0.1, 0.15) is 12.2 Å². The molecule has 2 N–H and O–H groups in total. The van der Waals surface area contributed by atoms with Crippen LogP contribution in [0.1, 0.15) is 18.7 Å². The number of aliphatic hydroxyl groups excluding tert-OH is 1. The molecule has 0 saturated carbocycles. The summed E-state index contributed by atoms with van der Waals surface area (Å²) < 4.78 is 7.35. The van der Waals surface area contributed by atoms with Crippen LogP contribution in [0.15, 0.2) is 24.4 Å². The van der Waals surface area contributed by atoms with Gasteiger partial charge in [-0.2, -0.15) is 0 Å². The fourth-order valence-electron chi connectivity index (χ4n) is 1.22. The molecular weight excluding hydrogens is 154 g/mol. The summed E-state index contributed by atoms with van der Waals surface area (Å²) in [5, 5.41) is 19.0. The number of fused-ring (bicyclic) bond motifs is 1. The van der Waals surface area contributed by atoms with Crippen molar-refractivity contribution in [3.63, 3.8) is 0 Å². The predicted octanol–water partition coefficient (Wildman–Crippen LogP) is 0.503. The van der Waals surface area contributed by atoms with Crippen molar-refractivity contribution < 1.29 is 11.6 Å². The van der Waals surface area contributed by atoms with Gasteiger partial charge in [0.25, 0.3) is 0 Å². The fourth-order valence-corrected chi connectivity index (χ4v) is 1.22. The highest BCUT2D eigenvalue weighted by Gasteiger charge is 2.21. The van der Waals surface area contributed by atoms with Gasteiger partial charge < -0.3 is 10.2 Å². The van der Waals surface area contributed by atoms with Crippen molar-refractivity contribution in [1.29, 1.82) is 0 Å². The quantitative estimate of drug-likeness (QED) is 0.587. The van der Waals surface area contributed by atoms with Crippen LogP contribution >= 0.6 is 0 Å². The number of aromatic nitrogens is 1. The third-order valence-electron chi connectivity index (χ3n) is 1.86. The minimum absolute atomic E-state index is 0.488. The second-order valence-electron chi connectivity index (χ2n) is 2.64. The highest BCUT2D eigenvalue weighted by molar-refractivity contribution is 5.54. The molecule has 1 heterocycles. The molecule has 3 nitrogen and oxygen atoms in total. The summed E-state index contributed by atoms with van der Waals surface area (Å²) in [6.45, 7) is 0. The van der Waals surface area contributed by atoms with Crippen LogP contribution in [0.3, 0.4) is 0 Å². The lowest BCUT2D eigenvalue weighted by Crippen LogP contribution is -2.19. The minimum Gasteiger partial charge on any atom is -0.386 e. The lowest BCUT2D eigenvalue weighted by molar-refractivity contribution is 0.0467. The van der Waals surface area contributed by atoms with E-state index in [0.717, 1.165) is 0 Å². The second kappa shape index (κ2) is 2.69. The average Bonchev–Trinajstić information content (AvgIpc) is 2.13. The number of aliphatic hydroxyl groups is 2. The van der Waals surface area contributed by atoms with Gasteiger partial charge in [-0.15, -0.1) is 0 Å². The number of rotatable bonds is 0. The van der Waals surface area contributed by atoms with Gasteiger partial charge >= 0.3 is 0 Å². The number of hydrogen-bond donors (Lipinski definition) is 2. The minimum atomic E-state index is -1.93. The van der Waals surface area contributed by atoms with Crippen molar-refractivity contribution in [3.8, 4) is 0 Å². The van der Waals surface area contributed by atoms with Gasteiger partial charge in [-0.05, 0) is 12.1 Å². The Morgan fingerprint density at radius 1 is 1.50 bits per heavy atom. The smallest absolute Gasteiger partial charge is 0.111 e. The zero-order valence-electron chi connectivity index (χ0n) is 7.31. The first-order valence-corrected chi connectivity index (χ1v) is 3.66. The van der Waals surface area contributed by atoms with Crippen LogP contribution in [-0.4, -0.2) is 21.3 Å². The highest BCUT2D eigenvalue weighted by atomic mass is 16.3. The molecule has 1 aliphatic rings. The molecule has 3 heteroatoms. The molecule has 12 heavy (non-hydrogen) atoms. The Morgan fingerprint density at radius 3 is 3.17 bits per heavy atom. The maximum Gasteiger partial charge on any atom is 0.111 e. The Balaban J connectivity index is 2.55. The predicted molar refractivity (Wildman–Crippen MR) is 44.2 cm³/mol. The molecule has 0 fully saturated rings. The zero-order chi connectivity index (χ0) is 9.47. The summed E-state index contributed by atoms with van der Waals surface area (Å²) in [6, 6.07) is 3.31. The van der Waals surface area contributed by atoms with E-state index < -0.39 is 12.2 Å². The third-order valence-corrected chi connectivity index (χ3v) is 1.86. The van der Waals surface area contributed by atoms with E-state index >= 15 is 0 Å². The average molecular weight is 164 g/mol. The van der Waals surface area contributed by atoms with Gasteiger partial charge in [-0.25, -0.2) is 0 Å². The van der Waals surface area contributed by atoms with E-state index in [1.54, 1.807) is 18.3 Å². The van der Waals surface area contributed by atoms with Crippen LogP contribution in [0.25, 0.3) is 6.08 Å². The third kappa shape index (κ3) is 1.03. The number of hydrogen-bond acceptors (Lipinski definition) is 3. The molecule has 1 aliphatic carbocycles. The molecule has 2 rings (SSSR count). The van der Waals surface area contributed by atoms with Gasteiger partial charge in [0.15, 0.2) is 0 Å². The van der Waals surface area contributed by atoms with E-state index in [1.165, 1.54) is 12.2 Å². The van der Waals surface area contributed by atoms with Gasteiger partial charge in [0.2, 0.25) is 0 Å². The first-order valence-electron chi connectivity index (χ1n) is 4.16. The molecule has 0 spiro atoms. The number of nitrogens with zero attached hydrogens (tertiary/aromatic N) is 1. The van der Waals surface area contributed by atoms with Crippen molar-refractivity contribution in [2.45, 2.75) is 12.2 Å². The molecule has 0 aromatic carbocycles. The second-order valence-corrected chi connectivity index (χ2v) is 2.64. The topological polar surface area (TPSA) is 53.4 Å². The Labute approximate surface area is 71.4 Å². The van der Waals surface area contributed by atoms with E-state index in [4.69, 9.17) is 1.37 Å². The van der Waals surface area contributed by atoms with Crippen LogP contribution in [0.4, 0.5) is 0 Å². The normalized spacial score (nSPS) is 34.2. The van der Waals surface area contributed by atoms with Crippen LogP contribution in [0.5, 0.6) is 0 Å². The first-order chi connectivity index (χ1) is 6.11. The van der Waals surface area contributed by atoms with E-state index in [9.17, 15) is 10.2 Å². The molecule has 0 amide bonds. The van der Waals surface area contributed by atoms with Gasteiger partial charge in [-0.1, -0.05) is 12.1 Å². The lowest BCUT2D eigenvalue weighted by atomic mass is 9.97. The molecule has 0 bridgehead atoms. The summed E-state index contributed by atoms with van der Waals surface area (Å²) >= 11 is 0. The van der Waals surface area contributed by atoms with Crippen molar-refractivity contribution >= 4 is 6.08 Å². The van der Waals surface area contributed by atoms with Crippen molar-refractivity contribution in [3.05, 3.63) is 35.7 Å². The Morgan fingerprint density at radius 2 is 2.33 bits per heavy atom. The zero-order valence-corrected chi connectivity index (χ0v) is 6.31. The molecule has 1 aromatic rings. The molecular formula is C9H9NO2. The Hall–Kier alpha value is -1.19. The van der Waals surface area contributed by atoms with Crippen molar-refractivity contribution in [1.82, 2.24) is 4.98 Å². The van der Waals surface area contributed by atoms with E-state index in [2.05, 4.69) is 4.98 Å². The van der Waals surface area contributed by atoms with E-state index in [-0.39, 0.29) is 0 Å². The van der Waals surface area contributed by atoms with Crippen LogP contribution < -0.4 is 0 Å². The van der Waals surface area contributed by atoms with Crippen LogP contribution in [0, 0.1) is 0 Å². The Kier molecular flexibility index (Phi) is 1.42. The molecule has 0 radical (unpaired) electrons. The number of pyridine rings is 1. The fraction of sp³-hybridized carbons (Fsp3) is 0.222. The van der Waals surface area contributed by atoms with E-state index in [0.29, 0.717) is 11.3 Å². The molecule has 2 atom stereocenters. The first kappa shape index (κ1) is 6.34. The molecule has 0 aliphatic heterocycles. The van der Waals surface area contributed by atoms with E-state index in [1.807, 2.05) is 0 Å². The maximum absolute atomic E-state index is 9.56. The maximum atomic E-state index is 9.56. The summed E-state index contributed by atoms with van der Waals surface area (Å²) in [4.78, 5) is 3.99. The van der Waals surface area contributed by atoms with Crippen LogP contribution in [0.2, 0.25) is 0 Å². The van der Waals surface area contributed by atoms with Crippen LogP contribution in [-0.2, 0) is 0 Å². The monoisotopic (exact) mass is 164 g/mol. The van der Waals surface area contributed by atoms with Gasteiger partial charge in [-0.3, -0.25) is 4.98 Å². The summed E-state index contributed by atoms with van der Waals surface area (Å²) in [7, 11) is 0. The molecule has 0 unspecified atom stereocenters. The summed E-state index contributed by atoms with van der Waals surface area (Å²) in [5.41, 5.74) is 1.09. The molecule has 1 aromatic heterocycles. The standard InChI is InChI=1S/C9H9NO2/c11-8-4-3-7-6(9(8)12)2-1-5-10-7/h1-5,8-9,11-12H/t8-,9+/m1/s1/i8D. The van der Waals surface area contributed by atoms with Crippen molar-refractivity contribution in [2.75, 3.05) is 0 Å². The largest absolute Gasteiger partial charge is 0.386 e. The molecule has 62 valence electrons. The highest BCUT2D eigenvalue weighted by Crippen LogP contribution is 2.25. The van der Waals surface area contributed by atoms with Gasteiger partial charge in [0, 0.05) is 11.8 Å². The Bertz CT molecular complexity index is 362. The van der Waals surface area contributed by atoms with Crippen molar-refractivity contribution in [2.24, 2.45) is 0 Å². The van der Waals surface area contributed by atoms with Gasteiger partial charge in [0.05, 0.1) is 7.06 Å². The summed E-state index contributed by atoms with van der Waals surface area (Å²) in [6.07, 6.45) is 1.21. The molecule has 0 saturated heterocycles. The summed E-state index contributed by atoms with van der Waals surface area (Å²) in [5.74, 6) is 0. The lowest BCUT2D eigenvalue weighted by Gasteiger charge is -2.20. The SMILES string of the molecule is [2H][C@@]1(O)C=Cc2ncccc2[C@@H]1O.